The number of carbonyl (C=O) groups excluding carboxylic acids is 1. The zero-order chi connectivity index (χ0) is 18.8. The highest BCUT2D eigenvalue weighted by Gasteiger charge is 2.42. The van der Waals surface area contributed by atoms with E-state index in [0.29, 0.717) is 25.9 Å². The molecule has 3 rings (SSSR count). The average molecular weight is 387 g/mol. The van der Waals surface area contributed by atoms with E-state index in [4.69, 9.17) is 0 Å². The molecular formula is C17H23F2N3O3S. The molecule has 144 valence electrons. The lowest BCUT2D eigenvalue weighted by molar-refractivity contribution is -0.124. The molecule has 2 saturated heterocycles. The lowest BCUT2D eigenvalue weighted by atomic mass is 10.1. The van der Waals surface area contributed by atoms with Gasteiger partial charge in [-0.05, 0) is 18.4 Å². The SMILES string of the molecule is O=C(NC1CCN(S(=O)(=O)Cc2ccccc2)CC1)C1CC(F)(F)CN1. The number of rotatable bonds is 5. The lowest BCUT2D eigenvalue weighted by Crippen LogP contribution is -2.50. The molecule has 0 spiro atoms. The molecule has 0 bridgehead atoms. The molecule has 2 heterocycles. The maximum absolute atomic E-state index is 13.2. The minimum absolute atomic E-state index is 0.0497. The molecule has 9 heteroatoms. The Kier molecular flexibility index (Phi) is 5.59. The van der Waals surface area contributed by atoms with E-state index < -0.39 is 40.9 Å². The zero-order valence-electron chi connectivity index (χ0n) is 14.3. The fourth-order valence-corrected chi connectivity index (χ4v) is 4.92. The molecule has 0 radical (unpaired) electrons. The van der Waals surface area contributed by atoms with Crippen LogP contribution in [0.15, 0.2) is 30.3 Å². The summed E-state index contributed by atoms with van der Waals surface area (Å²) >= 11 is 0. The monoisotopic (exact) mass is 387 g/mol. The first-order valence-corrected chi connectivity index (χ1v) is 10.3. The summed E-state index contributed by atoms with van der Waals surface area (Å²) in [6.07, 6.45) is 0.453. The number of benzene rings is 1. The summed E-state index contributed by atoms with van der Waals surface area (Å²) in [5.41, 5.74) is 0.733. The molecular weight excluding hydrogens is 364 g/mol. The molecule has 6 nitrogen and oxygen atoms in total. The summed E-state index contributed by atoms with van der Waals surface area (Å²) in [4.78, 5) is 12.1. The van der Waals surface area contributed by atoms with Crippen LogP contribution in [-0.4, -0.2) is 56.3 Å². The Morgan fingerprint density at radius 1 is 1.23 bits per heavy atom. The molecule has 2 fully saturated rings. The van der Waals surface area contributed by atoms with Crippen molar-refractivity contribution in [2.24, 2.45) is 0 Å². The van der Waals surface area contributed by atoms with Crippen LogP contribution in [0.3, 0.4) is 0 Å². The van der Waals surface area contributed by atoms with Gasteiger partial charge < -0.3 is 5.32 Å². The lowest BCUT2D eigenvalue weighted by Gasteiger charge is -2.32. The number of halogens is 2. The summed E-state index contributed by atoms with van der Waals surface area (Å²) in [5.74, 6) is -3.34. The van der Waals surface area contributed by atoms with Gasteiger partial charge in [-0.2, -0.15) is 0 Å². The van der Waals surface area contributed by atoms with Crippen molar-refractivity contribution in [1.82, 2.24) is 14.9 Å². The van der Waals surface area contributed by atoms with Gasteiger partial charge in [0.1, 0.15) is 0 Å². The average Bonchev–Trinajstić information content (AvgIpc) is 2.96. The Balaban J connectivity index is 1.49. The molecule has 1 amide bonds. The van der Waals surface area contributed by atoms with E-state index in [0.717, 1.165) is 5.56 Å². The standard InChI is InChI=1S/C17H23F2N3O3S/c18-17(19)10-15(20-12-17)16(23)21-14-6-8-22(9-7-14)26(24,25)11-13-4-2-1-3-5-13/h1-5,14-15,20H,6-12H2,(H,21,23). The van der Waals surface area contributed by atoms with Crippen molar-refractivity contribution >= 4 is 15.9 Å². The molecule has 0 aromatic heterocycles. The summed E-state index contributed by atoms with van der Waals surface area (Å²) in [7, 11) is -3.41. The van der Waals surface area contributed by atoms with Gasteiger partial charge in [0.25, 0.3) is 5.92 Å². The third-order valence-corrected chi connectivity index (χ3v) is 6.66. The Morgan fingerprint density at radius 3 is 2.46 bits per heavy atom. The Labute approximate surface area is 152 Å². The number of amides is 1. The smallest absolute Gasteiger partial charge is 0.262 e. The molecule has 0 saturated carbocycles. The maximum Gasteiger partial charge on any atom is 0.262 e. The topological polar surface area (TPSA) is 78.5 Å². The van der Waals surface area contributed by atoms with Crippen LogP contribution in [0, 0.1) is 0 Å². The van der Waals surface area contributed by atoms with Gasteiger partial charge in [0.05, 0.1) is 18.3 Å². The van der Waals surface area contributed by atoms with E-state index >= 15 is 0 Å². The summed E-state index contributed by atoms with van der Waals surface area (Å²) in [6, 6.07) is 7.90. The fourth-order valence-electron chi connectivity index (χ4n) is 3.36. The highest BCUT2D eigenvalue weighted by atomic mass is 32.2. The Hall–Kier alpha value is -1.58. The number of nitrogens with zero attached hydrogens (tertiary/aromatic N) is 1. The van der Waals surface area contributed by atoms with E-state index in [1.54, 1.807) is 24.3 Å². The van der Waals surface area contributed by atoms with Crippen LogP contribution in [0.2, 0.25) is 0 Å². The predicted molar refractivity (Wildman–Crippen MR) is 93.2 cm³/mol. The van der Waals surface area contributed by atoms with Crippen molar-refractivity contribution < 1.29 is 22.0 Å². The van der Waals surface area contributed by atoms with E-state index in [1.807, 2.05) is 6.07 Å². The minimum Gasteiger partial charge on any atom is -0.352 e. The second-order valence-corrected chi connectivity index (χ2v) is 8.89. The van der Waals surface area contributed by atoms with Crippen molar-refractivity contribution in [3.8, 4) is 0 Å². The second kappa shape index (κ2) is 7.58. The van der Waals surface area contributed by atoms with Gasteiger partial charge in [-0.15, -0.1) is 0 Å². The van der Waals surface area contributed by atoms with Crippen LogP contribution < -0.4 is 10.6 Å². The van der Waals surface area contributed by atoms with Gasteiger partial charge in [0.2, 0.25) is 15.9 Å². The molecule has 1 atom stereocenters. The van der Waals surface area contributed by atoms with Crippen molar-refractivity contribution in [2.75, 3.05) is 19.6 Å². The minimum atomic E-state index is -3.41. The van der Waals surface area contributed by atoms with Gasteiger partial charge in [-0.25, -0.2) is 21.5 Å². The molecule has 2 aliphatic rings. The van der Waals surface area contributed by atoms with Crippen LogP contribution in [0.4, 0.5) is 8.78 Å². The van der Waals surface area contributed by atoms with Crippen molar-refractivity contribution in [3.63, 3.8) is 0 Å². The first-order valence-electron chi connectivity index (χ1n) is 8.68. The first kappa shape index (κ1) is 19.2. The van der Waals surface area contributed by atoms with Crippen LogP contribution in [0.1, 0.15) is 24.8 Å². The van der Waals surface area contributed by atoms with E-state index in [1.165, 1.54) is 4.31 Å². The maximum atomic E-state index is 13.2. The normalized spacial score (nSPS) is 24.5. The molecule has 2 aliphatic heterocycles. The highest BCUT2D eigenvalue weighted by molar-refractivity contribution is 7.88. The summed E-state index contributed by atoms with van der Waals surface area (Å²) in [5, 5.41) is 5.29. The van der Waals surface area contributed by atoms with Gasteiger partial charge in [0.15, 0.2) is 0 Å². The summed E-state index contributed by atoms with van der Waals surface area (Å²) < 4.78 is 52.8. The third kappa shape index (κ3) is 4.77. The van der Waals surface area contributed by atoms with Crippen molar-refractivity contribution in [1.29, 1.82) is 0 Å². The number of alkyl halides is 2. The highest BCUT2D eigenvalue weighted by Crippen LogP contribution is 2.25. The Morgan fingerprint density at radius 2 is 1.88 bits per heavy atom. The van der Waals surface area contributed by atoms with Gasteiger partial charge in [-0.1, -0.05) is 30.3 Å². The molecule has 26 heavy (non-hydrogen) atoms. The third-order valence-electron chi connectivity index (χ3n) is 4.81. The molecule has 1 aromatic rings. The molecule has 0 aliphatic carbocycles. The number of sulfonamides is 1. The summed E-state index contributed by atoms with van der Waals surface area (Å²) in [6.45, 7) is 0.143. The number of hydrogen-bond acceptors (Lipinski definition) is 4. The van der Waals surface area contributed by atoms with E-state index in [9.17, 15) is 22.0 Å². The van der Waals surface area contributed by atoms with Crippen molar-refractivity contribution in [2.45, 2.75) is 43.0 Å². The quantitative estimate of drug-likeness (QED) is 0.793. The van der Waals surface area contributed by atoms with E-state index in [-0.39, 0.29) is 11.8 Å². The number of nitrogens with one attached hydrogen (secondary N) is 2. The van der Waals surface area contributed by atoms with Gasteiger partial charge in [0, 0.05) is 25.6 Å². The van der Waals surface area contributed by atoms with Gasteiger partial charge >= 0.3 is 0 Å². The largest absolute Gasteiger partial charge is 0.352 e. The number of hydrogen-bond donors (Lipinski definition) is 2. The van der Waals surface area contributed by atoms with Crippen LogP contribution in [0.5, 0.6) is 0 Å². The molecule has 2 N–H and O–H groups in total. The Bertz CT molecular complexity index is 735. The first-order chi connectivity index (χ1) is 12.3. The molecule has 1 unspecified atom stereocenters. The van der Waals surface area contributed by atoms with Gasteiger partial charge in [-0.3, -0.25) is 10.1 Å². The van der Waals surface area contributed by atoms with E-state index in [2.05, 4.69) is 10.6 Å². The fraction of sp³-hybridized carbons (Fsp3) is 0.588. The zero-order valence-corrected chi connectivity index (χ0v) is 15.1. The molecule has 1 aromatic carbocycles. The van der Waals surface area contributed by atoms with Crippen LogP contribution >= 0.6 is 0 Å². The number of piperidine rings is 1. The number of carbonyl (C=O) groups is 1. The van der Waals surface area contributed by atoms with Crippen LogP contribution in [-0.2, 0) is 20.6 Å². The predicted octanol–water partition coefficient (Wildman–Crippen LogP) is 1.09. The second-order valence-electron chi connectivity index (χ2n) is 6.92. The van der Waals surface area contributed by atoms with Crippen molar-refractivity contribution in [3.05, 3.63) is 35.9 Å². The van der Waals surface area contributed by atoms with Crippen LogP contribution in [0.25, 0.3) is 0 Å².